The zero-order valence-corrected chi connectivity index (χ0v) is 10.9. The van der Waals surface area contributed by atoms with Crippen molar-refractivity contribution >= 4 is 16.3 Å². The van der Waals surface area contributed by atoms with Gasteiger partial charge in [-0.05, 0) is 12.5 Å². The molecule has 1 aromatic rings. The second kappa shape index (κ2) is 5.05. The van der Waals surface area contributed by atoms with E-state index in [0.29, 0.717) is 4.31 Å². The van der Waals surface area contributed by atoms with Gasteiger partial charge >= 0.3 is 16.3 Å². The second-order valence-corrected chi connectivity index (χ2v) is 5.22. The molecule has 2 N–H and O–H groups in total. The SMILES string of the molecule is CCN([C@](C)(C(=O)O)c1ccccc1)S(=O)(=O)O. The van der Waals surface area contributed by atoms with E-state index in [1.54, 1.807) is 18.2 Å². The van der Waals surface area contributed by atoms with E-state index in [-0.39, 0.29) is 12.1 Å². The van der Waals surface area contributed by atoms with Gasteiger partial charge in [-0.3, -0.25) is 4.55 Å². The topological polar surface area (TPSA) is 94.9 Å². The molecule has 0 radical (unpaired) electrons. The molecule has 0 unspecified atom stereocenters. The van der Waals surface area contributed by atoms with E-state index in [2.05, 4.69) is 0 Å². The Bertz CT molecular complexity index is 528. The molecule has 18 heavy (non-hydrogen) atoms. The number of carbonyl (C=O) groups is 1. The predicted octanol–water partition coefficient (Wildman–Crippen LogP) is 1.11. The molecular weight excluding hydrogens is 258 g/mol. The maximum atomic E-state index is 11.5. The predicted molar refractivity (Wildman–Crippen MR) is 65.4 cm³/mol. The minimum Gasteiger partial charge on any atom is -0.480 e. The maximum Gasteiger partial charge on any atom is 0.337 e. The van der Waals surface area contributed by atoms with Gasteiger partial charge in [0.15, 0.2) is 5.54 Å². The van der Waals surface area contributed by atoms with E-state index in [4.69, 9.17) is 4.55 Å². The lowest BCUT2D eigenvalue weighted by Crippen LogP contribution is -2.52. The van der Waals surface area contributed by atoms with Crippen molar-refractivity contribution in [3.8, 4) is 0 Å². The molecule has 1 atom stereocenters. The van der Waals surface area contributed by atoms with Gasteiger partial charge < -0.3 is 5.11 Å². The van der Waals surface area contributed by atoms with Gasteiger partial charge in [0.05, 0.1) is 0 Å². The molecule has 0 heterocycles. The van der Waals surface area contributed by atoms with Gasteiger partial charge in [0.25, 0.3) is 0 Å². The summed E-state index contributed by atoms with van der Waals surface area (Å²) in [6.07, 6.45) is 0. The van der Waals surface area contributed by atoms with E-state index in [1.165, 1.54) is 26.0 Å². The molecule has 0 aliphatic rings. The van der Waals surface area contributed by atoms with Gasteiger partial charge in [0.1, 0.15) is 0 Å². The van der Waals surface area contributed by atoms with Crippen LogP contribution < -0.4 is 0 Å². The van der Waals surface area contributed by atoms with E-state index in [0.717, 1.165) is 0 Å². The first kappa shape index (κ1) is 14.6. The average Bonchev–Trinajstić information content (AvgIpc) is 2.28. The fourth-order valence-electron chi connectivity index (χ4n) is 1.85. The van der Waals surface area contributed by atoms with Gasteiger partial charge in [-0.15, -0.1) is 0 Å². The van der Waals surface area contributed by atoms with Crippen molar-refractivity contribution in [3.63, 3.8) is 0 Å². The molecule has 1 aromatic carbocycles. The van der Waals surface area contributed by atoms with Crippen molar-refractivity contribution in [1.82, 2.24) is 4.31 Å². The summed E-state index contributed by atoms with van der Waals surface area (Å²) < 4.78 is 32.3. The van der Waals surface area contributed by atoms with Crippen molar-refractivity contribution in [2.24, 2.45) is 0 Å². The van der Waals surface area contributed by atoms with Crippen LogP contribution in [0, 0.1) is 0 Å². The minimum absolute atomic E-state index is 0.156. The van der Waals surface area contributed by atoms with Gasteiger partial charge in [-0.1, -0.05) is 37.3 Å². The molecule has 1 rings (SSSR count). The van der Waals surface area contributed by atoms with Gasteiger partial charge in [-0.25, -0.2) is 4.79 Å². The van der Waals surface area contributed by atoms with E-state index >= 15 is 0 Å². The summed E-state index contributed by atoms with van der Waals surface area (Å²) in [4.78, 5) is 11.5. The molecule has 0 amide bonds. The number of nitrogens with zero attached hydrogens (tertiary/aromatic N) is 1. The van der Waals surface area contributed by atoms with Crippen LogP contribution in [0.5, 0.6) is 0 Å². The standard InChI is InChI=1S/C11H15NO5S/c1-3-12(18(15,16)17)11(2,10(13)14)9-7-5-4-6-8-9/h4-8H,3H2,1-2H3,(H,13,14)(H,15,16,17)/t11-/m0/s1. The Kier molecular flexibility index (Phi) is 4.10. The molecule has 0 aliphatic heterocycles. The summed E-state index contributed by atoms with van der Waals surface area (Å²) >= 11 is 0. The third-order valence-electron chi connectivity index (χ3n) is 2.82. The molecule has 0 aliphatic carbocycles. The number of hydrogen-bond acceptors (Lipinski definition) is 3. The van der Waals surface area contributed by atoms with Gasteiger partial charge in [0.2, 0.25) is 0 Å². The van der Waals surface area contributed by atoms with Crippen LogP contribution in [0.2, 0.25) is 0 Å². The Hall–Kier alpha value is -1.44. The lowest BCUT2D eigenvalue weighted by molar-refractivity contribution is -0.148. The van der Waals surface area contributed by atoms with Crippen molar-refractivity contribution < 1.29 is 22.9 Å². The summed E-state index contributed by atoms with van der Waals surface area (Å²) in [7, 11) is -4.61. The largest absolute Gasteiger partial charge is 0.480 e. The van der Waals surface area contributed by atoms with Gasteiger partial charge in [-0.2, -0.15) is 12.7 Å². The van der Waals surface area contributed by atoms with E-state index in [1.807, 2.05) is 0 Å². The molecule has 0 bridgehead atoms. The van der Waals surface area contributed by atoms with E-state index in [9.17, 15) is 18.3 Å². The monoisotopic (exact) mass is 273 g/mol. The third-order valence-corrected chi connectivity index (χ3v) is 4.00. The Morgan fingerprint density at radius 2 is 1.83 bits per heavy atom. The Labute approximate surface area is 106 Å². The Balaban J connectivity index is 3.46. The van der Waals surface area contributed by atoms with Crippen LogP contribution in [0.3, 0.4) is 0 Å². The van der Waals surface area contributed by atoms with Crippen molar-refractivity contribution in [2.45, 2.75) is 19.4 Å². The van der Waals surface area contributed by atoms with Crippen molar-refractivity contribution in [3.05, 3.63) is 35.9 Å². The Morgan fingerprint density at radius 1 is 1.33 bits per heavy atom. The average molecular weight is 273 g/mol. The zero-order chi connectivity index (χ0) is 14.0. The highest BCUT2D eigenvalue weighted by molar-refractivity contribution is 7.83. The fraction of sp³-hybridized carbons (Fsp3) is 0.364. The fourth-order valence-corrected chi connectivity index (χ4v) is 2.82. The quantitative estimate of drug-likeness (QED) is 0.784. The molecule has 0 saturated heterocycles. The molecule has 0 saturated carbocycles. The molecule has 6 nitrogen and oxygen atoms in total. The lowest BCUT2D eigenvalue weighted by atomic mass is 9.92. The van der Waals surface area contributed by atoms with Crippen LogP contribution in [0.1, 0.15) is 19.4 Å². The van der Waals surface area contributed by atoms with Crippen molar-refractivity contribution in [2.75, 3.05) is 6.54 Å². The number of carboxylic acids is 1. The normalized spacial score (nSPS) is 15.3. The molecule has 0 aromatic heterocycles. The van der Waals surface area contributed by atoms with Crippen LogP contribution in [-0.2, 0) is 20.6 Å². The highest BCUT2D eigenvalue weighted by atomic mass is 32.2. The number of aliphatic carboxylic acids is 1. The summed E-state index contributed by atoms with van der Waals surface area (Å²) in [5.41, 5.74) is -1.57. The number of hydrogen-bond donors (Lipinski definition) is 2. The second-order valence-electron chi connectivity index (χ2n) is 3.89. The molecule has 100 valence electrons. The maximum absolute atomic E-state index is 11.5. The highest BCUT2D eigenvalue weighted by Crippen LogP contribution is 2.30. The summed E-state index contributed by atoms with van der Waals surface area (Å²) in [5.74, 6) is -1.35. The molecular formula is C11H15NO5S. The first-order valence-corrected chi connectivity index (χ1v) is 6.68. The number of benzene rings is 1. The van der Waals surface area contributed by atoms with E-state index < -0.39 is 21.8 Å². The first-order valence-electron chi connectivity index (χ1n) is 5.28. The van der Waals surface area contributed by atoms with Gasteiger partial charge in [0, 0.05) is 6.54 Å². The third kappa shape index (κ3) is 2.53. The van der Waals surface area contributed by atoms with Crippen LogP contribution in [0.25, 0.3) is 0 Å². The van der Waals surface area contributed by atoms with Crippen LogP contribution in [0.4, 0.5) is 0 Å². The Morgan fingerprint density at radius 3 is 2.17 bits per heavy atom. The minimum atomic E-state index is -4.61. The van der Waals surface area contributed by atoms with Crippen molar-refractivity contribution in [1.29, 1.82) is 0 Å². The number of likely N-dealkylation sites (N-methyl/N-ethyl adjacent to an activating group) is 1. The van der Waals surface area contributed by atoms with Crippen LogP contribution in [-0.4, -0.2) is 34.9 Å². The van der Waals surface area contributed by atoms with Crippen LogP contribution in [0.15, 0.2) is 30.3 Å². The number of carboxylic acid groups (broad SMARTS) is 1. The smallest absolute Gasteiger partial charge is 0.337 e. The van der Waals surface area contributed by atoms with Crippen LogP contribution >= 0.6 is 0 Å². The number of rotatable bonds is 5. The summed E-state index contributed by atoms with van der Waals surface area (Å²) in [5, 5.41) is 9.33. The molecule has 0 fully saturated rings. The highest BCUT2D eigenvalue weighted by Gasteiger charge is 2.46. The molecule has 0 spiro atoms. The summed E-state index contributed by atoms with van der Waals surface area (Å²) in [6, 6.07) is 7.90. The first-order chi connectivity index (χ1) is 8.24. The lowest BCUT2D eigenvalue weighted by Gasteiger charge is -2.34. The summed E-state index contributed by atoms with van der Waals surface area (Å²) in [6.45, 7) is 2.54. The zero-order valence-electron chi connectivity index (χ0n) is 10.1. The molecule has 7 heteroatoms.